The zero-order valence-electron chi connectivity index (χ0n) is 17.3. The number of hydrogen-bond acceptors (Lipinski definition) is 9. The van der Waals surface area contributed by atoms with Crippen molar-refractivity contribution in [1.82, 2.24) is 9.97 Å². The number of esters is 2. The van der Waals surface area contributed by atoms with Crippen molar-refractivity contribution in [3.63, 3.8) is 0 Å². The second-order valence-corrected chi connectivity index (χ2v) is 4.69. The van der Waals surface area contributed by atoms with Crippen LogP contribution in [0.25, 0.3) is 0 Å². The van der Waals surface area contributed by atoms with E-state index in [1.54, 1.807) is 13.8 Å². The zero-order chi connectivity index (χ0) is 22.3. The summed E-state index contributed by atoms with van der Waals surface area (Å²) in [4.78, 5) is 48.2. The molecule has 0 aromatic carbocycles. The number of aromatic carboxylic acids is 1. The number of H-pyrrole nitrogens is 1. The third kappa shape index (κ3) is 20.3. The monoisotopic (exact) mass is 458 g/mol. The molecule has 0 amide bonds. The molecular weight excluding hydrogens is 435 g/mol. The smallest absolute Gasteiger partial charge is 0.867 e. The van der Waals surface area contributed by atoms with Crippen molar-refractivity contribution in [2.24, 2.45) is 5.73 Å². The van der Waals surface area contributed by atoms with Gasteiger partial charge in [0.05, 0.1) is 19.0 Å². The maximum absolute atomic E-state index is 10.8. The van der Waals surface area contributed by atoms with E-state index in [4.69, 9.17) is 16.2 Å². The van der Waals surface area contributed by atoms with Crippen molar-refractivity contribution in [3.05, 3.63) is 39.8 Å². The molecule has 0 radical (unpaired) electrons. The molecule has 164 valence electrons. The first-order chi connectivity index (χ1) is 12.9. The van der Waals surface area contributed by atoms with Crippen molar-refractivity contribution in [2.75, 3.05) is 13.2 Å². The first kappa shape index (κ1) is 35.1. The predicted molar refractivity (Wildman–Crippen MR) is 103 cm³/mol. The molecule has 0 bridgehead atoms. The number of nitrogens with zero attached hydrogens (tertiary/aromatic N) is 1. The molecule has 14 heteroatoms. The Hall–Kier alpha value is -2.41. The number of aryl methyl sites for hydroxylation is 1. The summed E-state index contributed by atoms with van der Waals surface area (Å²) in [7, 11) is 0. The summed E-state index contributed by atoms with van der Waals surface area (Å²) in [6, 6.07) is 0.940. The van der Waals surface area contributed by atoms with Gasteiger partial charge in [-0.25, -0.2) is 19.4 Å². The van der Waals surface area contributed by atoms with E-state index in [1.165, 1.54) is 13.8 Å². The van der Waals surface area contributed by atoms with Crippen LogP contribution in [0.4, 0.5) is 0 Å². The molecule has 1 heterocycles. The summed E-state index contributed by atoms with van der Waals surface area (Å²) in [5.74, 6) is -3.61. The molecule has 0 aliphatic carbocycles. The Morgan fingerprint density at radius 1 is 1.30 bits per heavy atom. The Morgan fingerprint density at radius 2 is 1.77 bits per heavy atom. The van der Waals surface area contributed by atoms with Crippen LogP contribution in [-0.4, -0.2) is 52.0 Å². The van der Waals surface area contributed by atoms with E-state index >= 15 is 0 Å². The van der Waals surface area contributed by atoms with Gasteiger partial charge in [0.1, 0.15) is 5.82 Å². The Morgan fingerprint density at radius 3 is 2.13 bits per heavy atom. The maximum Gasteiger partial charge on any atom is 1.00 e. The normalized spacial score (nSPS) is 9.00. The molecule has 1 rings (SSSR count). The van der Waals surface area contributed by atoms with E-state index in [-0.39, 0.29) is 66.7 Å². The van der Waals surface area contributed by atoms with Crippen LogP contribution < -0.4 is 46.0 Å². The van der Waals surface area contributed by atoms with Gasteiger partial charge in [0, 0.05) is 12.1 Å². The molecule has 1 aromatic heterocycles. The third-order valence-electron chi connectivity index (χ3n) is 2.09. The Labute approximate surface area is 201 Å². The third-order valence-corrected chi connectivity index (χ3v) is 2.09. The second-order valence-electron chi connectivity index (χ2n) is 4.69. The fourth-order valence-corrected chi connectivity index (χ4v) is 1.24. The number of carbonyl (C=O) groups is 3. The largest absolute Gasteiger partial charge is 1.00 e. The minimum atomic E-state index is -1.20. The molecule has 0 aliphatic heterocycles. The Balaban J connectivity index is -0.000000182. The summed E-state index contributed by atoms with van der Waals surface area (Å²) >= 11 is 0. The number of carboxylic acid groups (broad SMARTS) is 1. The quantitative estimate of drug-likeness (QED) is 0.0853. The number of nitrogens with one attached hydrogen (secondary N) is 2. The van der Waals surface area contributed by atoms with Gasteiger partial charge in [-0.3, -0.25) is 10.2 Å². The number of hydrogen-bond donors (Lipinski definition) is 4. The van der Waals surface area contributed by atoms with E-state index < -0.39 is 29.2 Å². The van der Waals surface area contributed by atoms with E-state index in [1.807, 2.05) is 0 Å². The first-order valence-electron chi connectivity index (χ1n) is 7.78. The molecule has 12 nitrogen and oxygen atoms in total. The van der Waals surface area contributed by atoms with Crippen molar-refractivity contribution in [2.45, 2.75) is 27.7 Å². The summed E-state index contributed by atoms with van der Waals surface area (Å²) in [5.41, 5.74) is 4.01. The van der Waals surface area contributed by atoms with Gasteiger partial charge in [0.25, 0.3) is 5.56 Å². The van der Waals surface area contributed by atoms with E-state index in [0.29, 0.717) is 11.9 Å². The van der Waals surface area contributed by atoms with Crippen LogP contribution in [0.15, 0.2) is 22.7 Å². The molecule has 0 atom stereocenters. The summed E-state index contributed by atoms with van der Waals surface area (Å²) in [5, 5.41) is 25.5. The average Bonchev–Trinajstić information content (AvgIpc) is 2.54. The van der Waals surface area contributed by atoms with Crippen LogP contribution >= 0.6 is 12.4 Å². The van der Waals surface area contributed by atoms with Gasteiger partial charge in [0.2, 0.25) is 0 Å². The topological polar surface area (TPSA) is 209 Å². The summed E-state index contributed by atoms with van der Waals surface area (Å²) in [6.07, 6.45) is 0.571. The standard InChI is InChI=1S/C8H12O5.C6H6N2O3.C2H6N2.ClH.Na/c1-3-12-7(10)5-6(9)8(11)13-4-2;1-3-7-4(6(10)11)2-5(9)8-3;1-2(3)4;;/h5,9H,3-4H2,1-2H3;2H,1H3,(H,10,11)(H,7,8,9);1H3,(H3,3,4);1H;/q;;;;+1/p-1/b6-5-;;;;. The number of carbonyl (C=O) groups excluding carboxylic acids is 2. The van der Waals surface area contributed by atoms with E-state index in [0.717, 1.165) is 6.07 Å². The first-order valence-corrected chi connectivity index (χ1v) is 7.78. The maximum atomic E-state index is 10.8. The SMILES string of the molecule is CC(=N)N.CCOC(=O)/C=C(\[O-])C(=O)OCC.Cc1nc(C(=O)O)cc(=O)[nH]1.Cl.[Na+]. The van der Waals surface area contributed by atoms with Crippen LogP contribution in [0.5, 0.6) is 0 Å². The minimum absolute atomic E-state index is 0. The van der Waals surface area contributed by atoms with Gasteiger partial charge in [-0.2, -0.15) is 0 Å². The molecular formula is C16H24ClN4NaO8. The Bertz CT molecular complexity index is 779. The second kappa shape index (κ2) is 19.9. The van der Waals surface area contributed by atoms with Crippen molar-refractivity contribution in [3.8, 4) is 0 Å². The number of rotatable bonds is 5. The molecule has 30 heavy (non-hydrogen) atoms. The Kier molecular flexibility index (Phi) is 23.2. The van der Waals surface area contributed by atoms with Gasteiger partial charge in [-0.1, -0.05) is 0 Å². The average molecular weight is 459 g/mol. The van der Waals surface area contributed by atoms with Gasteiger partial charge in [-0.05, 0) is 33.5 Å². The van der Waals surface area contributed by atoms with Crippen molar-refractivity contribution < 1.29 is 63.6 Å². The predicted octanol–water partition coefficient (Wildman–Crippen LogP) is -3.50. The minimum Gasteiger partial charge on any atom is -0.867 e. The van der Waals surface area contributed by atoms with Crippen LogP contribution in [-0.2, 0) is 19.1 Å². The number of carboxylic acids is 1. The number of nitrogens with two attached hydrogens (primary N) is 1. The van der Waals surface area contributed by atoms with Crippen LogP contribution in [0.2, 0.25) is 0 Å². The zero-order valence-corrected chi connectivity index (χ0v) is 20.1. The van der Waals surface area contributed by atoms with E-state index in [2.05, 4.69) is 19.4 Å². The summed E-state index contributed by atoms with van der Waals surface area (Å²) in [6.45, 7) is 6.47. The van der Waals surface area contributed by atoms with Crippen LogP contribution in [0.3, 0.4) is 0 Å². The fourth-order valence-electron chi connectivity index (χ4n) is 1.24. The fraction of sp³-hybridized carbons (Fsp3) is 0.375. The molecule has 0 spiro atoms. The van der Waals surface area contributed by atoms with Crippen LogP contribution in [0.1, 0.15) is 37.1 Å². The van der Waals surface area contributed by atoms with Gasteiger partial charge >= 0.3 is 47.5 Å². The molecule has 0 saturated carbocycles. The van der Waals surface area contributed by atoms with Gasteiger partial charge < -0.3 is 30.4 Å². The number of aromatic nitrogens is 2. The summed E-state index contributed by atoms with van der Waals surface area (Å²) < 4.78 is 8.77. The van der Waals surface area contributed by atoms with Crippen LogP contribution in [0, 0.1) is 12.3 Å². The number of ether oxygens (including phenoxy) is 2. The molecule has 0 unspecified atom stereocenters. The molecule has 1 aromatic rings. The molecule has 0 saturated heterocycles. The van der Waals surface area contributed by atoms with Crippen molar-refractivity contribution in [1.29, 1.82) is 5.41 Å². The molecule has 0 fully saturated rings. The van der Waals surface area contributed by atoms with E-state index in [9.17, 15) is 24.3 Å². The van der Waals surface area contributed by atoms with Gasteiger partial charge in [0.15, 0.2) is 5.69 Å². The number of amidine groups is 1. The molecule has 5 N–H and O–H groups in total. The van der Waals surface area contributed by atoms with Gasteiger partial charge in [-0.15, -0.1) is 12.4 Å². The number of halogens is 1. The molecule has 0 aliphatic rings. The van der Waals surface area contributed by atoms with Crippen molar-refractivity contribution >= 4 is 36.2 Å². The number of aromatic amines is 1.